The maximum absolute atomic E-state index is 13.0. The van der Waals surface area contributed by atoms with Crippen LogP contribution in [-0.4, -0.2) is 46.5 Å². The van der Waals surface area contributed by atoms with Crippen LogP contribution in [0.25, 0.3) is 5.69 Å². The number of nitrogens with zero attached hydrogens (tertiary/aromatic N) is 4. The summed E-state index contributed by atoms with van der Waals surface area (Å²) in [6.07, 6.45) is 4.64. The molecule has 1 aromatic heterocycles. The minimum Gasteiger partial charge on any atom is -0.320 e. The highest BCUT2D eigenvalue weighted by Gasteiger charge is 2.28. The molecule has 0 spiro atoms. The Morgan fingerprint density at radius 1 is 1.10 bits per heavy atom. The van der Waals surface area contributed by atoms with E-state index in [1.807, 2.05) is 6.07 Å². The number of para-hydroxylation sites is 2. The van der Waals surface area contributed by atoms with E-state index in [1.54, 1.807) is 28.9 Å². The maximum atomic E-state index is 13.0. The van der Waals surface area contributed by atoms with Crippen molar-refractivity contribution in [1.82, 2.24) is 19.1 Å². The van der Waals surface area contributed by atoms with Gasteiger partial charge in [0.05, 0.1) is 21.8 Å². The van der Waals surface area contributed by atoms with Gasteiger partial charge in [-0.15, -0.1) is 0 Å². The Balaban J connectivity index is 1.65. The summed E-state index contributed by atoms with van der Waals surface area (Å²) in [5.41, 5.74) is 1.41. The van der Waals surface area contributed by atoms with E-state index in [2.05, 4.69) is 31.3 Å². The molecule has 8 nitrogen and oxygen atoms in total. The van der Waals surface area contributed by atoms with E-state index >= 15 is 0 Å². The van der Waals surface area contributed by atoms with Gasteiger partial charge in [0.1, 0.15) is 12.7 Å². The van der Waals surface area contributed by atoms with Crippen LogP contribution < -0.4 is 5.32 Å². The van der Waals surface area contributed by atoms with Crippen LogP contribution >= 0.6 is 15.9 Å². The van der Waals surface area contributed by atoms with Crippen LogP contribution in [0.1, 0.15) is 23.2 Å². The summed E-state index contributed by atoms with van der Waals surface area (Å²) >= 11 is 3.36. The normalized spacial score (nSPS) is 14.8. The Kier molecular flexibility index (Phi) is 5.48. The number of nitrogens with one attached hydrogen (secondary N) is 1. The third-order valence-corrected chi connectivity index (χ3v) is 7.29. The van der Waals surface area contributed by atoms with Crippen LogP contribution in [0.3, 0.4) is 0 Å². The van der Waals surface area contributed by atoms with Gasteiger partial charge in [-0.2, -0.15) is 9.40 Å². The van der Waals surface area contributed by atoms with Gasteiger partial charge in [0.2, 0.25) is 10.0 Å². The zero-order chi connectivity index (χ0) is 20.4. The maximum Gasteiger partial charge on any atom is 0.256 e. The quantitative estimate of drug-likeness (QED) is 0.611. The van der Waals surface area contributed by atoms with Crippen molar-refractivity contribution in [3.63, 3.8) is 0 Å². The lowest BCUT2D eigenvalue weighted by Gasteiger charge is -2.17. The number of aromatic nitrogens is 3. The topological polar surface area (TPSA) is 97.2 Å². The fourth-order valence-corrected chi connectivity index (χ4v) is 5.19. The molecule has 150 valence electrons. The lowest BCUT2D eigenvalue weighted by Crippen LogP contribution is -2.28. The molecular weight excluding hydrogens is 458 g/mol. The van der Waals surface area contributed by atoms with Gasteiger partial charge in [0.15, 0.2) is 0 Å². The molecule has 1 fully saturated rings. The van der Waals surface area contributed by atoms with E-state index in [-0.39, 0.29) is 10.5 Å². The van der Waals surface area contributed by atoms with Crippen LogP contribution in [0.5, 0.6) is 0 Å². The first-order valence-electron chi connectivity index (χ1n) is 9.02. The number of hydrogen-bond donors (Lipinski definition) is 1. The monoisotopic (exact) mass is 475 g/mol. The average molecular weight is 476 g/mol. The molecule has 4 rings (SSSR count). The smallest absolute Gasteiger partial charge is 0.256 e. The standard InChI is InChI=1S/C19H18BrN5O3S/c20-16-8-7-14(29(27,28)24-9-3-4-10-24)11-15(16)19(26)23-17-5-1-2-6-18(17)25-13-21-12-22-25/h1-2,5-8,11-13H,3-4,9-10H2,(H,23,26). The van der Waals surface area contributed by atoms with Gasteiger partial charge in [0, 0.05) is 17.6 Å². The molecule has 0 unspecified atom stereocenters. The van der Waals surface area contributed by atoms with E-state index in [9.17, 15) is 13.2 Å². The van der Waals surface area contributed by atoms with E-state index in [1.165, 1.54) is 29.1 Å². The third kappa shape index (κ3) is 3.96. The molecule has 0 radical (unpaired) electrons. The number of hydrogen-bond acceptors (Lipinski definition) is 5. The molecule has 1 amide bonds. The number of rotatable bonds is 5. The summed E-state index contributed by atoms with van der Waals surface area (Å²) in [5, 5.41) is 6.93. The number of carbonyl (C=O) groups is 1. The number of amides is 1. The predicted molar refractivity (Wildman–Crippen MR) is 111 cm³/mol. The van der Waals surface area contributed by atoms with Gasteiger partial charge in [-0.25, -0.2) is 18.1 Å². The van der Waals surface area contributed by atoms with Crippen molar-refractivity contribution in [2.75, 3.05) is 18.4 Å². The summed E-state index contributed by atoms with van der Waals surface area (Å²) in [6, 6.07) is 11.7. The molecule has 1 aliphatic heterocycles. The molecule has 10 heteroatoms. The van der Waals surface area contributed by atoms with Gasteiger partial charge in [-0.1, -0.05) is 12.1 Å². The molecule has 3 aromatic rings. The zero-order valence-electron chi connectivity index (χ0n) is 15.3. The van der Waals surface area contributed by atoms with E-state index in [0.29, 0.717) is 28.9 Å². The van der Waals surface area contributed by atoms with E-state index in [4.69, 9.17) is 0 Å². The van der Waals surface area contributed by atoms with E-state index < -0.39 is 15.9 Å². The largest absolute Gasteiger partial charge is 0.320 e. The van der Waals surface area contributed by atoms with Crippen molar-refractivity contribution in [3.05, 3.63) is 65.2 Å². The van der Waals surface area contributed by atoms with Gasteiger partial charge in [0.25, 0.3) is 5.91 Å². The Morgan fingerprint density at radius 2 is 1.86 bits per heavy atom. The first-order valence-corrected chi connectivity index (χ1v) is 11.3. The van der Waals surface area contributed by atoms with Crippen LogP contribution in [0.2, 0.25) is 0 Å². The highest BCUT2D eigenvalue weighted by atomic mass is 79.9. The second kappa shape index (κ2) is 8.05. The number of carbonyl (C=O) groups excluding carboxylic acids is 1. The lowest BCUT2D eigenvalue weighted by molar-refractivity contribution is 0.102. The third-order valence-electron chi connectivity index (χ3n) is 4.70. The van der Waals surface area contributed by atoms with Gasteiger partial charge in [-0.3, -0.25) is 4.79 Å². The Labute approximate surface area is 176 Å². The number of sulfonamides is 1. The second-order valence-corrected chi connectivity index (χ2v) is 9.36. The minimum atomic E-state index is -3.62. The Morgan fingerprint density at radius 3 is 2.59 bits per heavy atom. The summed E-state index contributed by atoms with van der Waals surface area (Å²) in [6.45, 7) is 1.01. The van der Waals surface area contributed by atoms with Crippen molar-refractivity contribution in [2.45, 2.75) is 17.7 Å². The average Bonchev–Trinajstić information content (AvgIpc) is 3.43. The number of anilines is 1. The fourth-order valence-electron chi connectivity index (χ4n) is 3.22. The highest BCUT2D eigenvalue weighted by molar-refractivity contribution is 9.10. The van der Waals surface area contributed by atoms with Crippen molar-refractivity contribution in [2.24, 2.45) is 0 Å². The van der Waals surface area contributed by atoms with Gasteiger partial charge >= 0.3 is 0 Å². The van der Waals surface area contributed by atoms with E-state index in [0.717, 1.165) is 12.8 Å². The first kappa shape index (κ1) is 19.7. The molecule has 2 aromatic carbocycles. The lowest BCUT2D eigenvalue weighted by atomic mass is 10.2. The van der Waals surface area contributed by atoms with Crippen LogP contribution in [0.15, 0.2) is 64.5 Å². The van der Waals surface area contributed by atoms with Crippen molar-refractivity contribution >= 4 is 37.5 Å². The Hall–Kier alpha value is -2.56. The van der Waals surface area contributed by atoms with Crippen molar-refractivity contribution in [3.8, 4) is 5.69 Å². The highest BCUT2D eigenvalue weighted by Crippen LogP contribution is 2.27. The molecule has 29 heavy (non-hydrogen) atoms. The molecular formula is C19H18BrN5O3S. The molecule has 0 saturated carbocycles. The van der Waals surface area contributed by atoms with Crippen LogP contribution in [-0.2, 0) is 10.0 Å². The first-order chi connectivity index (χ1) is 14.0. The summed E-state index contributed by atoms with van der Waals surface area (Å²) in [7, 11) is -3.62. The zero-order valence-corrected chi connectivity index (χ0v) is 17.7. The summed E-state index contributed by atoms with van der Waals surface area (Å²) in [4.78, 5) is 17.0. The molecule has 0 bridgehead atoms. The molecule has 0 aliphatic carbocycles. The number of benzene rings is 2. The second-order valence-electron chi connectivity index (χ2n) is 6.56. The fraction of sp³-hybridized carbons (Fsp3) is 0.211. The summed E-state index contributed by atoms with van der Waals surface area (Å²) < 4.78 is 29.2. The molecule has 1 N–H and O–H groups in total. The molecule has 1 aliphatic rings. The number of halogens is 1. The molecule has 2 heterocycles. The molecule has 0 atom stereocenters. The van der Waals surface area contributed by atoms with Crippen molar-refractivity contribution < 1.29 is 13.2 Å². The Bertz CT molecular complexity index is 1140. The van der Waals surface area contributed by atoms with Crippen LogP contribution in [0.4, 0.5) is 5.69 Å². The summed E-state index contributed by atoms with van der Waals surface area (Å²) in [5.74, 6) is -0.428. The van der Waals surface area contributed by atoms with Crippen molar-refractivity contribution in [1.29, 1.82) is 0 Å². The SMILES string of the molecule is O=C(Nc1ccccc1-n1cncn1)c1cc(S(=O)(=O)N2CCCC2)ccc1Br. The van der Waals surface area contributed by atoms with Gasteiger partial charge in [-0.05, 0) is 59.1 Å². The molecule has 1 saturated heterocycles. The van der Waals surface area contributed by atoms with Gasteiger partial charge < -0.3 is 5.32 Å². The predicted octanol–water partition coefficient (Wildman–Crippen LogP) is 3.07. The van der Waals surface area contributed by atoms with Crippen LogP contribution in [0, 0.1) is 0 Å². The minimum absolute atomic E-state index is 0.109.